The molecule has 0 aliphatic carbocycles. The largest absolute Gasteiger partial charge is 0.476 e. The number of rotatable bonds is 4. The van der Waals surface area contributed by atoms with Crippen molar-refractivity contribution in [3.8, 4) is 0 Å². The standard InChI is InChI=1S/C14H22N4O4S/c1-14(2,3)23(21,22)18-6-4-10(5-7-18)17-12-9-15-11(8-16-12)13(19)20/h8-10H,4-7H2,1-3H3,(H,16,17)(H,19,20). The van der Waals surface area contributed by atoms with Gasteiger partial charge in [-0.25, -0.2) is 27.5 Å². The van der Waals surface area contributed by atoms with E-state index in [1.807, 2.05) is 0 Å². The lowest BCUT2D eigenvalue weighted by molar-refractivity contribution is 0.0690. The number of nitrogens with zero attached hydrogens (tertiary/aromatic N) is 3. The second kappa shape index (κ2) is 6.40. The molecule has 0 bridgehead atoms. The maximum Gasteiger partial charge on any atom is 0.356 e. The Hall–Kier alpha value is -1.74. The first kappa shape index (κ1) is 17.6. The van der Waals surface area contributed by atoms with E-state index in [9.17, 15) is 13.2 Å². The Balaban J connectivity index is 1.94. The summed E-state index contributed by atoms with van der Waals surface area (Å²) in [5.41, 5.74) is -0.110. The van der Waals surface area contributed by atoms with E-state index in [4.69, 9.17) is 5.11 Å². The lowest BCUT2D eigenvalue weighted by Crippen LogP contribution is -2.48. The number of hydrogen-bond acceptors (Lipinski definition) is 6. The van der Waals surface area contributed by atoms with Crippen LogP contribution in [0.25, 0.3) is 0 Å². The molecule has 1 aliphatic heterocycles. The fourth-order valence-electron chi connectivity index (χ4n) is 2.35. The molecule has 2 N–H and O–H groups in total. The highest BCUT2D eigenvalue weighted by molar-refractivity contribution is 7.90. The van der Waals surface area contributed by atoms with Gasteiger partial charge in [0.2, 0.25) is 10.0 Å². The van der Waals surface area contributed by atoms with Crippen molar-refractivity contribution in [2.24, 2.45) is 0 Å². The van der Waals surface area contributed by atoms with Crippen molar-refractivity contribution in [1.29, 1.82) is 0 Å². The number of carbonyl (C=O) groups is 1. The van der Waals surface area contributed by atoms with Gasteiger partial charge in [0.05, 0.1) is 17.1 Å². The second-order valence-corrected chi connectivity index (χ2v) is 9.22. The van der Waals surface area contributed by atoms with Crippen LogP contribution in [0.15, 0.2) is 12.4 Å². The van der Waals surface area contributed by atoms with E-state index in [1.165, 1.54) is 16.7 Å². The molecule has 1 fully saturated rings. The molecule has 0 amide bonds. The van der Waals surface area contributed by atoms with Crippen LogP contribution in [0.3, 0.4) is 0 Å². The van der Waals surface area contributed by atoms with Crippen molar-refractivity contribution >= 4 is 21.8 Å². The zero-order valence-electron chi connectivity index (χ0n) is 13.5. The van der Waals surface area contributed by atoms with Gasteiger partial charge < -0.3 is 10.4 Å². The molecule has 1 aromatic heterocycles. The van der Waals surface area contributed by atoms with Crippen LogP contribution in [0.1, 0.15) is 44.1 Å². The quantitative estimate of drug-likeness (QED) is 0.844. The molecule has 1 saturated heterocycles. The summed E-state index contributed by atoms with van der Waals surface area (Å²) in [5.74, 6) is -0.628. The summed E-state index contributed by atoms with van der Waals surface area (Å²) in [6, 6.07) is 0.0893. The van der Waals surface area contributed by atoms with E-state index < -0.39 is 20.7 Å². The minimum absolute atomic E-state index is 0.0893. The molecule has 23 heavy (non-hydrogen) atoms. The van der Waals surface area contributed by atoms with Crippen molar-refractivity contribution in [1.82, 2.24) is 14.3 Å². The smallest absolute Gasteiger partial charge is 0.356 e. The Morgan fingerprint density at radius 2 is 1.87 bits per heavy atom. The number of aromatic nitrogens is 2. The van der Waals surface area contributed by atoms with Crippen LogP contribution >= 0.6 is 0 Å². The normalized spacial score (nSPS) is 17.9. The zero-order valence-corrected chi connectivity index (χ0v) is 14.3. The van der Waals surface area contributed by atoms with Crippen LogP contribution in [0, 0.1) is 0 Å². The number of nitrogens with one attached hydrogen (secondary N) is 1. The highest BCUT2D eigenvalue weighted by atomic mass is 32.2. The third-order valence-electron chi connectivity index (χ3n) is 3.79. The van der Waals surface area contributed by atoms with Gasteiger partial charge in [-0.3, -0.25) is 0 Å². The van der Waals surface area contributed by atoms with Crippen LogP contribution in [0.4, 0.5) is 5.82 Å². The van der Waals surface area contributed by atoms with E-state index in [1.54, 1.807) is 20.8 Å². The summed E-state index contributed by atoms with van der Waals surface area (Å²) in [6.07, 6.45) is 3.90. The number of anilines is 1. The summed E-state index contributed by atoms with van der Waals surface area (Å²) in [4.78, 5) is 18.5. The van der Waals surface area contributed by atoms with Gasteiger partial charge in [0.1, 0.15) is 5.82 Å². The molecule has 2 rings (SSSR count). The highest BCUT2D eigenvalue weighted by Crippen LogP contribution is 2.24. The second-order valence-electron chi connectivity index (χ2n) is 6.53. The van der Waals surface area contributed by atoms with Crippen LogP contribution in [0.5, 0.6) is 0 Å². The van der Waals surface area contributed by atoms with Crippen molar-refractivity contribution in [2.75, 3.05) is 18.4 Å². The monoisotopic (exact) mass is 342 g/mol. The Morgan fingerprint density at radius 1 is 1.26 bits per heavy atom. The molecule has 0 radical (unpaired) electrons. The third kappa shape index (κ3) is 3.97. The fourth-order valence-corrected chi connectivity index (χ4v) is 3.82. The number of hydrogen-bond donors (Lipinski definition) is 2. The van der Waals surface area contributed by atoms with Crippen LogP contribution < -0.4 is 5.32 Å². The maximum atomic E-state index is 12.4. The lowest BCUT2D eigenvalue weighted by atomic mass is 10.1. The molecule has 2 heterocycles. The number of carboxylic acids is 1. The first-order valence-electron chi connectivity index (χ1n) is 7.43. The Bertz CT molecular complexity index is 659. The average Bonchev–Trinajstić information content (AvgIpc) is 2.47. The van der Waals surface area contributed by atoms with Gasteiger partial charge in [-0.15, -0.1) is 0 Å². The SMILES string of the molecule is CC(C)(C)S(=O)(=O)N1CCC(Nc2cnc(C(=O)O)cn2)CC1. The molecule has 0 spiro atoms. The van der Waals surface area contributed by atoms with E-state index in [0.29, 0.717) is 31.7 Å². The molecular formula is C14H22N4O4S. The molecule has 0 atom stereocenters. The van der Waals surface area contributed by atoms with Gasteiger partial charge in [0.25, 0.3) is 0 Å². The highest BCUT2D eigenvalue weighted by Gasteiger charge is 2.37. The zero-order chi connectivity index (χ0) is 17.3. The van der Waals surface area contributed by atoms with Gasteiger partial charge in [-0.1, -0.05) is 0 Å². The molecule has 1 aliphatic rings. The first-order chi connectivity index (χ1) is 10.6. The molecule has 0 saturated carbocycles. The third-order valence-corrected chi connectivity index (χ3v) is 6.38. The summed E-state index contributed by atoms with van der Waals surface area (Å²) < 4.78 is 25.5. The topological polar surface area (TPSA) is 112 Å². The number of aromatic carboxylic acids is 1. The van der Waals surface area contributed by atoms with E-state index in [-0.39, 0.29) is 11.7 Å². The van der Waals surface area contributed by atoms with Crippen molar-refractivity contribution in [3.63, 3.8) is 0 Å². The van der Waals surface area contributed by atoms with E-state index >= 15 is 0 Å². The van der Waals surface area contributed by atoms with Crippen molar-refractivity contribution in [2.45, 2.75) is 44.4 Å². The molecule has 0 unspecified atom stereocenters. The minimum Gasteiger partial charge on any atom is -0.476 e. The Kier molecular flexibility index (Phi) is 4.90. The van der Waals surface area contributed by atoms with Gasteiger partial charge in [-0.05, 0) is 33.6 Å². The van der Waals surface area contributed by atoms with Crippen LogP contribution in [0.2, 0.25) is 0 Å². The summed E-state index contributed by atoms with van der Waals surface area (Å²) in [6.45, 7) is 6.01. The molecule has 128 valence electrons. The average molecular weight is 342 g/mol. The summed E-state index contributed by atoms with van der Waals surface area (Å²) in [5, 5.41) is 12.0. The Morgan fingerprint density at radius 3 is 2.30 bits per heavy atom. The van der Waals surface area contributed by atoms with E-state index in [0.717, 1.165) is 0 Å². The Labute approximate surface area is 136 Å². The van der Waals surface area contributed by atoms with Gasteiger partial charge >= 0.3 is 5.97 Å². The van der Waals surface area contributed by atoms with Crippen molar-refractivity contribution < 1.29 is 18.3 Å². The maximum absolute atomic E-state index is 12.4. The molecular weight excluding hydrogens is 320 g/mol. The van der Waals surface area contributed by atoms with Gasteiger partial charge in [0, 0.05) is 19.1 Å². The summed E-state index contributed by atoms with van der Waals surface area (Å²) in [7, 11) is -3.30. The first-order valence-corrected chi connectivity index (χ1v) is 8.87. The minimum atomic E-state index is -3.30. The predicted octanol–water partition coefficient (Wildman–Crippen LogP) is 1.18. The summed E-state index contributed by atoms with van der Waals surface area (Å²) >= 11 is 0. The number of carboxylic acid groups (broad SMARTS) is 1. The fraction of sp³-hybridized carbons (Fsp3) is 0.643. The van der Waals surface area contributed by atoms with Crippen LogP contribution in [-0.4, -0.2) is 57.6 Å². The molecule has 1 aromatic rings. The van der Waals surface area contributed by atoms with Gasteiger partial charge in [-0.2, -0.15) is 0 Å². The molecule has 8 nitrogen and oxygen atoms in total. The van der Waals surface area contributed by atoms with Gasteiger partial charge in [0.15, 0.2) is 5.69 Å². The number of piperidine rings is 1. The predicted molar refractivity (Wildman–Crippen MR) is 85.9 cm³/mol. The molecule has 0 aromatic carbocycles. The lowest BCUT2D eigenvalue weighted by Gasteiger charge is -2.35. The van der Waals surface area contributed by atoms with Crippen molar-refractivity contribution in [3.05, 3.63) is 18.1 Å². The molecule has 9 heteroatoms. The van der Waals surface area contributed by atoms with Crippen LogP contribution in [-0.2, 0) is 10.0 Å². The van der Waals surface area contributed by atoms with E-state index in [2.05, 4.69) is 15.3 Å². The number of sulfonamides is 1.